The van der Waals surface area contributed by atoms with E-state index < -0.39 is 28.4 Å². The second-order valence-corrected chi connectivity index (χ2v) is 10.4. The highest BCUT2D eigenvalue weighted by Crippen LogP contribution is 2.30. The molecule has 0 fully saturated rings. The van der Waals surface area contributed by atoms with Crippen molar-refractivity contribution in [2.45, 2.75) is 4.21 Å². The molecule has 0 atom stereocenters. The highest BCUT2D eigenvalue weighted by Gasteiger charge is 2.22. The average Bonchev–Trinajstić information content (AvgIpc) is 3.24. The van der Waals surface area contributed by atoms with Crippen LogP contribution in [0.2, 0.25) is 4.34 Å². The Labute approximate surface area is 197 Å². The summed E-state index contributed by atoms with van der Waals surface area (Å²) in [5, 5.41) is 2.59. The van der Waals surface area contributed by atoms with Crippen LogP contribution in [0.1, 0.15) is 20.7 Å². The summed E-state index contributed by atoms with van der Waals surface area (Å²) in [7, 11) is -3.97. The Kier molecular flexibility index (Phi) is 6.36. The number of carbonyl (C=O) groups excluding carboxylic acids is 3. The van der Waals surface area contributed by atoms with Gasteiger partial charge in [-0.25, -0.2) is 13.2 Å². The Balaban J connectivity index is 1.46. The fourth-order valence-electron chi connectivity index (χ4n) is 2.94. The van der Waals surface area contributed by atoms with E-state index in [0.29, 0.717) is 15.8 Å². The molecule has 2 heterocycles. The largest absolute Gasteiger partial charge is 0.482 e. The Bertz CT molecular complexity index is 1370. The maximum absolute atomic E-state index is 12.6. The number of ether oxygens (including phenoxy) is 2. The predicted molar refractivity (Wildman–Crippen MR) is 122 cm³/mol. The number of nitrogens with one attached hydrogen (secondary N) is 2. The molecule has 2 aromatic carbocycles. The number of thiophene rings is 1. The summed E-state index contributed by atoms with van der Waals surface area (Å²) in [5.41, 5.74) is 0.475. The summed E-state index contributed by atoms with van der Waals surface area (Å²) in [6.45, 7) is -0.700. The summed E-state index contributed by atoms with van der Waals surface area (Å²) in [5.74, 6) is -1.32. The van der Waals surface area contributed by atoms with Gasteiger partial charge in [0.2, 0.25) is 0 Å². The molecule has 0 saturated heterocycles. The van der Waals surface area contributed by atoms with E-state index in [4.69, 9.17) is 21.1 Å². The predicted octanol–water partition coefficient (Wildman–Crippen LogP) is 3.57. The molecule has 1 aliphatic heterocycles. The second kappa shape index (κ2) is 9.22. The Morgan fingerprint density at radius 1 is 1.15 bits per heavy atom. The normalized spacial score (nSPS) is 12.8. The highest BCUT2D eigenvalue weighted by atomic mass is 35.5. The molecule has 0 aliphatic carbocycles. The first kappa shape index (κ1) is 22.8. The number of esters is 1. The molecule has 2 N–H and O–H groups in total. The lowest BCUT2D eigenvalue weighted by Gasteiger charge is -2.18. The maximum Gasteiger partial charge on any atom is 0.340 e. The molecule has 1 aromatic heterocycles. The van der Waals surface area contributed by atoms with Gasteiger partial charge in [0.05, 0.1) is 21.3 Å². The summed E-state index contributed by atoms with van der Waals surface area (Å²) in [6, 6.07) is 13.1. The van der Waals surface area contributed by atoms with Crippen LogP contribution in [0.3, 0.4) is 0 Å². The quantitative estimate of drug-likeness (QED) is 0.370. The van der Waals surface area contributed by atoms with Crippen molar-refractivity contribution in [1.82, 2.24) is 0 Å². The molecule has 12 heteroatoms. The van der Waals surface area contributed by atoms with Crippen LogP contribution in [0.15, 0.2) is 58.8 Å². The number of hydrogen-bond acceptors (Lipinski definition) is 8. The number of halogens is 1. The molecule has 9 nitrogen and oxygen atoms in total. The molecular weight excluding hydrogens is 492 g/mol. The smallest absolute Gasteiger partial charge is 0.340 e. The van der Waals surface area contributed by atoms with Crippen LogP contribution < -0.4 is 14.8 Å². The standard InChI is InChI=1S/C21H15ClN2O7S2/c22-18-7-8-20(32-18)33(28,29)24-14-4-2-1-3-13(14)21(27)31-10-16(25)12-5-6-17-15(9-12)23-19(26)11-30-17/h1-9,24H,10-11H2,(H,23,26). The number of anilines is 2. The zero-order chi connectivity index (χ0) is 23.6. The Hall–Kier alpha value is -3.41. The van der Waals surface area contributed by atoms with Crippen molar-refractivity contribution in [2.24, 2.45) is 0 Å². The van der Waals surface area contributed by atoms with Crippen molar-refractivity contribution in [3.8, 4) is 5.75 Å². The van der Waals surface area contributed by atoms with Crippen LogP contribution in [0.4, 0.5) is 11.4 Å². The molecule has 33 heavy (non-hydrogen) atoms. The summed E-state index contributed by atoms with van der Waals surface area (Å²) < 4.78 is 38.1. The van der Waals surface area contributed by atoms with Gasteiger partial charge in [-0.3, -0.25) is 14.3 Å². The van der Waals surface area contributed by atoms with Crippen LogP contribution in [0.25, 0.3) is 0 Å². The number of benzene rings is 2. The summed E-state index contributed by atoms with van der Waals surface area (Å²) >= 11 is 6.68. The Morgan fingerprint density at radius 2 is 1.94 bits per heavy atom. The van der Waals surface area contributed by atoms with Crippen molar-refractivity contribution in [3.63, 3.8) is 0 Å². The maximum atomic E-state index is 12.6. The fourth-order valence-corrected chi connectivity index (χ4v) is 5.50. The van der Waals surface area contributed by atoms with Crippen LogP contribution in [0.5, 0.6) is 5.75 Å². The van der Waals surface area contributed by atoms with Gasteiger partial charge in [0.1, 0.15) is 9.96 Å². The molecule has 0 bridgehead atoms. The van der Waals surface area contributed by atoms with E-state index in [-0.39, 0.29) is 33.5 Å². The van der Waals surface area contributed by atoms with Crippen LogP contribution in [0, 0.1) is 0 Å². The van der Waals surface area contributed by atoms with Gasteiger partial charge in [-0.1, -0.05) is 23.7 Å². The summed E-state index contributed by atoms with van der Waals surface area (Å²) in [6.07, 6.45) is 0. The Morgan fingerprint density at radius 3 is 2.70 bits per heavy atom. The molecule has 0 saturated carbocycles. The van der Waals surface area contributed by atoms with Gasteiger partial charge >= 0.3 is 5.97 Å². The number of sulfonamides is 1. The molecule has 1 amide bonds. The zero-order valence-electron chi connectivity index (χ0n) is 16.7. The first-order valence-electron chi connectivity index (χ1n) is 9.37. The third-order valence-corrected chi connectivity index (χ3v) is 7.56. The highest BCUT2D eigenvalue weighted by molar-refractivity contribution is 7.94. The minimum Gasteiger partial charge on any atom is -0.482 e. The molecular formula is C21H15ClN2O7S2. The number of hydrogen-bond donors (Lipinski definition) is 2. The first-order chi connectivity index (χ1) is 15.7. The number of para-hydroxylation sites is 1. The molecule has 3 aromatic rings. The third-order valence-electron chi connectivity index (χ3n) is 4.47. The molecule has 0 unspecified atom stereocenters. The van der Waals surface area contributed by atoms with Crippen molar-refractivity contribution in [2.75, 3.05) is 23.3 Å². The number of Topliss-reactive ketones (excluding diaryl/α,β-unsaturated/α-hetero) is 1. The SMILES string of the molecule is O=C1COc2ccc(C(=O)COC(=O)c3ccccc3NS(=O)(=O)c3ccc(Cl)s3)cc2N1. The van der Waals surface area contributed by atoms with Crippen molar-refractivity contribution in [3.05, 3.63) is 70.1 Å². The van der Waals surface area contributed by atoms with E-state index in [1.165, 1.54) is 48.5 Å². The van der Waals surface area contributed by atoms with E-state index in [0.717, 1.165) is 11.3 Å². The van der Waals surface area contributed by atoms with Gasteiger partial charge in [0.15, 0.2) is 19.0 Å². The van der Waals surface area contributed by atoms with E-state index in [1.54, 1.807) is 6.07 Å². The third kappa shape index (κ3) is 5.16. The van der Waals surface area contributed by atoms with Crippen molar-refractivity contribution < 1.29 is 32.3 Å². The van der Waals surface area contributed by atoms with Crippen molar-refractivity contribution >= 4 is 62.0 Å². The van der Waals surface area contributed by atoms with Gasteiger partial charge in [-0.05, 0) is 42.5 Å². The number of rotatable bonds is 7. The summed E-state index contributed by atoms with van der Waals surface area (Å²) in [4.78, 5) is 36.6. The zero-order valence-corrected chi connectivity index (χ0v) is 19.1. The van der Waals surface area contributed by atoms with E-state index in [2.05, 4.69) is 10.0 Å². The number of amides is 1. The molecule has 1 aliphatic rings. The minimum atomic E-state index is -3.97. The molecule has 0 spiro atoms. The minimum absolute atomic E-state index is 0.00638. The number of carbonyl (C=O) groups is 3. The van der Waals surface area contributed by atoms with Crippen LogP contribution in [-0.4, -0.2) is 39.3 Å². The van der Waals surface area contributed by atoms with Crippen LogP contribution in [-0.2, 0) is 19.6 Å². The second-order valence-electron chi connectivity index (χ2n) is 6.76. The van der Waals surface area contributed by atoms with Gasteiger partial charge < -0.3 is 14.8 Å². The van der Waals surface area contributed by atoms with Gasteiger partial charge in [-0.15, -0.1) is 11.3 Å². The lowest BCUT2D eigenvalue weighted by atomic mass is 10.1. The monoisotopic (exact) mass is 506 g/mol. The van der Waals surface area contributed by atoms with E-state index >= 15 is 0 Å². The van der Waals surface area contributed by atoms with Crippen molar-refractivity contribution in [1.29, 1.82) is 0 Å². The average molecular weight is 507 g/mol. The van der Waals surface area contributed by atoms with Gasteiger partial charge in [0, 0.05) is 5.56 Å². The first-order valence-corrected chi connectivity index (χ1v) is 12.0. The molecule has 0 radical (unpaired) electrons. The van der Waals surface area contributed by atoms with Gasteiger partial charge in [0.25, 0.3) is 15.9 Å². The molecule has 170 valence electrons. The lowest BCUT2D eigenvalue weighted by Crippen LogP contribution is -2.25. The number of fused-ring (bicyclic) bond motifs is 1. The molecule has 4 rings (SSSR count). The van der Waals surface area contributed by atoms with E-state index in [9.17, 15) is 22.8 Å². The topological polar surface area (TPSA) is 128 Å². The van der Waals surface area contributed by atoms with Gasteiger partial charge in [-0.2, -0.15) is 0 Å². The number of ketones is 1. The lowest BCUT2D eigenvalue weighted by molar-refractivity contribution is -0.118. The van der Waals surface area contributed by atoms with E-state index in [1.807, 2.05) is 0 Å². The van der Waals surface area contributed by atoms with Crippen LogP contribution >= 0.6 is 22.9 Å². The fraction of sp³-hybridized carbons (Fsp3) is 0.0952.